The Labute approximate surface area is 159 Å². The number of fused-ring (bicyclic) bond motifs is 1. The fraction of sp³-hybridized carbons (Fsp3) is 0.550. The first kappa shape index (κ1) is 18.1. The molecule has 7 nitrogen and oxygen atoms in total. The molecule has 0 bridgehead atoms. The van der Waals surface area contributed by atoms with Gasteiger partial charge in [0.05, 0.1) is 30.4 Å². The van der Waals surface area contributed by atoms with Gasteiger partial charge in [-0.2, -0.15) is 0 Å². The number of aromatic nitrogens is 2. The molecule has 2 aliphatic rings. The number of rotatable bonds is 5. The van der Waals surface area contributed by atoms with Crippen LogP contribution in [-0.4, -0.2) is 71.4 Å². The topological polar surface area (TPSA) is 78.8 Å². The second-order valence-corrected chi connectivity index (χ2v) is 7.36. The molecule has 0 unspecified atom stereocenters. The minimum atomic E-state index is -0.724. The van der Waals surface area contributed by atoms with Crippen molar-refractivity contribution >= 4 is 22.8 Å². The predicted molar refractivity (Wildman–Crippen MR) is 103 cm³/mol. The van der Waals surface area contributed by atoms with Gasteiger partial charge in [-0.05, 0) is 30.9 Å². The molecule has 0 amide bonds. The molecule has 4 rings (SSSR count). The Morgan fingerprint density at radius 2 is 1.96 bits per heavy atom. The van der Waals surface area contributed by atoms with Crippen molar-refractivity contribution in [3.05, 3.63) is 30.5 Å². The minimum Gasteiger partial charge on any atom is -0.481 e. The smallest absolute Gasteiger partial charge is 0.303 e. The molecule has 0 saturated carbocycles. The van der Waals surface area contributed by atoms with Crippen LogP contribution >= 0.6 is 0 Å². The van der Waals surface area contributed by atoms with E-state index in [1.54, 1.807) is 0 Å². The number of carboxylic acid groups (broad SMARTS) is 1. The Bertz CT molecular complexity index is 794. The van der Waals surface area contributed by atoms with Crippen LogP contribution in [0, 0.1) is 5.92 Å². The summed E-state index contributed by atoms with van der Waals surface area (Å²) >= 11 is 0. The molecule has 1 N–H and O–H groups in total. The highest BCUT2D eigenvalue weighted by Gasteiger charge is 2.34. The summed E-state index contributed by atoms with van der Waals surface area (Å²) in [5, 5.41) is 9.17. The average Bonchev–Trinajstić information content (AvgIpc) is 2.72. The molecule has 0 radical (unpaired) electrons. The lowest BCUT2D eigenvalue weighted by Crippen LogP contribution is -2.54. The van der Waals surface area contributed by atoms with Crippen molar-refractivity contribution in [2.45, 2.75) is 25.3 Å². The molecule has 1 aromatic heterocycles. The molecule has 2 atom stereocenters. The van der Waals surface area contributed by atoms with Crippen LogP contribution in [0.5, 0.6) is 0 Å². The summed E-state index contributed by atoms with van der Waals surface area (Å²) in [6.07, 6.45) is 3.75. The third kappa shape index (κ3) is 4.20. The molecule has 2 aliphatic heterocycles. The summed E-state index contributed by atoms with van der Waals surface area (Å²) in [4.78, 5) is 25.2. The van der Waals surface area contributed by atoms with E-state index in [-0.39, 0.29) is 6.42 Å². The second kappa shape index (κ2) is 8.19. The monoisotopic (exact) mass is 370 g/mol. The summed E-state index contributed by atoms with van der Waals surface area (Å²) in [6.45, 7) is 5.14. The van der Waals surface area contributed by atoms with Gasteiger partial charge < -0.3 is 14.7 Å². The Balaban J connectivity index is 1.52. The molecule has 144 valence electrons. The minimum absolute atomic E-state index is 0.211. The van der Waals surface area contributed by atoms with Crippen LogP contribution in [0.15, 0.2) is 30.5 Å². The maximum atomic E-state index is 11.2. The summed E-state index contributed by atoms with van der Waals surface area (Å²) in [5.41, 5.74) is 1.79. The Hall–Kier alpha value is -2.25. The normalized spacial score (nSPS) is 24.2. The number of nitrogens with zero attached hydrogens (tertiary/aromatic N) is 4. The van der Waals surface area contributed by atoms with Crippen molar-refractivity contribution in [2.75, 3.05) is 44.3 Å². The van der Waals surface area contributed by atoms with Crippen LogP contribution in [0.25, 0.3) is 11.0 Å². The summed E-state index contributed by atoms with van der Waals surface area (Å²) in [6, 6.07) is 8.30. The molecule has 2 saturated heterocycles. The first-order valence-electron chi connectivity index (χ1n) is 9.71. The van der Waals surface area contributed by atoms with Gasteiger partial charge in [0.15, 0.2) is 0 Å². The number of aliphatic carboxylic acids is 1. The molecule has 3 heterocycles. The zero-order valence-corrected chi connectivity index (χ0v) is 15.5. The Kier molecular flexibility index (Phi) is 5.50. The number of piperidine rings is 1. The third-order valence-corrected chi connectivity index (χ3v) is 5.70. The van der Waals surface area contributed by atoms with Crippen LogP contribution in [0.2, 0.25) is 0 Å². The summed E-state index contributed by atoms with van der Waals surface area (Å²) in [5.74, 6) is 0.467. The van der Waals surface area contributed by atoms with Crippen LogP contribution < -0.4 is 4.90 Å². The van der Waals surface area contributed by atoms with E-state index in [0.29, 0.717) is 18.4 Å². The highest BCUT2D eigenvalue weighted by Crippen LogP contribution is 2.29. The lowest BCUT2D eigenvalue weighted by molar-refractivity contribution is -0.137. The average molecular weight is 370 g/mol. The first-order valence-corrected chi connectivity index (χ1v) is 9.71. The Morgan fingerprint density at radius 1 is 1.19 bits per heavy atom. The number of hydrogen-bond acceptors (Lipinski definition) is 6. The van der Waals surface area contributed by atoms with Crippen molar-refractivity contribution in [3.63, 3.8) is 0 Å². The maximum absolute atomic E-state index is 11.2. The molecular weight excluding hydrogens is 344 g/mol. The van der Waals surface area contributed by atoms with Gasteiger partial charge >= 0.3 is 5.97 Å². The fourth-order valence-corrected chi connectivity index (χ4v) is 4.31. The van der Waals surface area contributed by atoms with E-state index in [0.717, 1.165) is 62.7 Å². The number of benzene rings is 1. The van der Waals surface area contributed by atoms with E-state index in [2.05, 4.69) is 14.8 Å². The zero-order valence-electron chi connectivity index (χ0n) is 15.5. The van der Waals surface area contributed by atoms with Crippen molar-refractivity contribution < 1.29 is 14.6 Å². The largest absolute Gasteiger partial charge is 0.481 e. The maximum Gasteiger partial charge on any atom is 0.303 e. The lowest BCUT2D eigenvalue weighted by atomic mass is 9.86. The van der Waals surface area contributed by atoms with Gasteiger partial charge in [-0.1, -0.05) is 12.1 Å². The number of hydrogen-bond donors (Lipinski definition) is 1. The van der Waals surface area contributed by atoms with Gasteiger partial charge in [-0.15, -0.1) is 0 Å². The number of carbonyl (C=O) groups is 1. The fourth-order valence-electron chi connectivity index (χ4n) is 4.31. The number of ether oxygens (including phenoxy) is 1. The van der Waals surface area contributed by atoms with E-state index >= 15 is 0 Å². The van der Waals surface area contributed by atoms with Crippen molar-refractivity contribution in [3.8, 4) is 0 Å². The van der Waals surface area contributed by atoms with E-state index < -0.39 is 5.97 Å². The van der Waals surface area contributed by atoms with Crippen LogP contribution in [-0.2, 0) is 9.53 Å². The van der Waals surface area contributed by atoms with E-state index in [9.17, 15) is 9.90 Å². The number of morpholine rings is 1. The van der Waals surface area contributed by atoms with Gasteiger partial charge in [0.2, 0.25) is 0 Å². The molecule has 2 fully saturated rings. The predicted octanol–water partition coefficient (Wildman–Crippen LogP) is 2.02. The van der Waals surface area contributed by atoms with Crippen molar-refractivity contribution in [1.82, 2.24) is 14.9 Å². The summed E-state index contributed by atoms with van der Waals surface area (Å²) in [7, 11) is 0. The quantitative estimate of drug-likeness (QED) is 0.863. The van der Waals surface area contributed by atoms with Crippen molar-refractivity contribution in [2.24, 2.45) is 5.92 Å². The lowest BCUT2D eigenvalue weighted by Gasteiger charge is -2.45. The van der Waals surface area contributed by atoms with Gasteiger partial charge in [-0.3, -0.25) is 14.7 Å². The summed E-state index contributed by atoms with van der Waals surface area (Å²) < 4.78 is 5.49. The number of carboxylic acids is 1. The third-order valence-electron chi connectivity index (χ3n) is 5.70. The van der Waals surface area contributed by atoms with E-state index in [1.807, 2.05) is 30.5 Å². The zero-order chi connectivity index (χ0) is 18.6. The van der Waals surface area contributed by atoms with Crippen LogP contribution in [0.1, 0.15) is 19.3 Å². The van der Waals surface area contributed by atoms with Crippen LogP contribution in [0.3, 0.4) is 0 Å². The number of anilines is 1. The van der Waals surface area contributed by atoms with Gasteiger partial charge in [0.1, 0.15) is 5.82 Å². The van der Waals surface area contributed by atoms with E-state index in [1.165, 1.54) is 0 Å². The molecule has 0 spiro atoms. The molecule has 7 heteroatoms. The second-order valence-electron chi connectivity index (χ2n) is 7.36. The molecule has 1 aromatic carbocycles. The molecule has 0 aliphatic carbocycles. The number of para-hydroxylation sites is 2. The standard InChI is InChI=1S/C20H26N4O3/c25-20(26)6-5-15-14-24(8-7-18(15)23-9-11-27-12-10-23)19-13-21-16-3-1-2-4-17(16)22-19/h1-4,13,15,18H,5-12,14H2,(H,25,26)/t15-,18+/m1/s1. The molecular formula is C20H26N4O3. The first-order chi connectivity index (χ1) is 13.2. The van der Waals surface area contributed by atoms with Gasteiger partial charge in [0.25, 0.3) is 0 Å². The highest BCUT2D eigenvalue weighted by molar-refractivity contribution is 5.75. The van der Waals surface area contributed by atoms with Gasteiger partial charge in [0, 0.05) is 38.6 Å². The van der Waals surface area contributed by atoms with E-state index in [4.69, 9.17) is 9.72 Å². The van der Waals surface area contributed by atoms with Gasteiger partial charge in [-0.25, -0.2) is 4.98 Å². The SMILES string of the molecule is O=C(O)CC[C@@H]1CN(c2cnc3ccccc3n2)CC[C@@H]1N1CCOCC1. The highest BCUT2D eigenvalue weighted by atomic mass is 16.5. The van der Waals surface area contributed by atoms with Crippen LogP contribution in [0.4, 0.5) is 5.82 Å². The Morgan fingerprint density at radius 3 is 2.74 bits per heavy atom. The molecule has 27 heavy (non-hydrogen) atoms. The molecule has 2 aromatic rings. The van der Waals surface area contributed by atoms with Crippen molar-refractivity contribution in [1.29, 1.82) is 0 Å².